The predicted molar refractivity (Wildman–Crippen MR) is 95.0 cm³/mol. The number of furan rings is 1. The highest BCUT2D eigenvalue weighted by Gasteiger charge is 2.43. The van der Waals surface area contributed by atoms with Gasteiger partial charge in [-0.1, -0.05) is 11.6 Å². The fourth-order valence-electron chi connectivity index (χ4n) is 3.59. The topological polar surface area (TPSA) is 59.8 Å². The minimum Gasteiger partial charge on any atom is -0.486 e. The van der Waals surface area contributed by atoms with E-state index in [0.717, 1.165) is 5.56 Å². The van der Waals surface area contributed by atoms with Crippen molar-refractivity contribution in [3.63, 3.8) is 0 Å². The molecule has 130 valence electrons. The Morgan fingerprint density at radius 3 is 2.64 bits per heavy atom. The monoisotopic (exact) mass is 403 g/mol. The number of benzene rings is 1. The van der Waals surface area contributed by atoms with E-state index in [1.54, 1.807) is 17.0 Å². The van der Waals surface area contributed by atoms with Crippen LogP contribution < -0.4 is 4.74 Å². The number of amides is 1. The minimum atomic E-state index is -0.500. The van der Waals surface area contributed by atoms with Crippen LogP contribution >= 0.6 is 15.9 Å². The average molecular weight is 404 g/mol. The van der Waals surface area contributed by atoms with Crippen LogP contribution in [-0.2, 0) is 0 Å². The lowest BCUT2D eigenvalue weighted by molar-refractivity contribution is -0.00646. The maximum absolute atomic E-state index is 12.6. The standard InChI is InChI=1S/C19H18BrNO4/c1-12-2-3-15-13(10-12)14(22)11-19(25-15)6-8-21(9-7-19)18(23)16-4-5-17(20)24-16/h2-5,10H,6-9,11H2,1H3. The molecule has 2 aliphatic rings. The highest BCUT2D eigenvalue weighted by molar-refractivity contribution is 9.10. The van der Waals surface area contributed by atoms with Gasteiger partial charge in [-0.15, -0.1) is 0 Å². The van der Waals surface area contributed by atoms with Crippen LogP contribution in [0, 0.1) is 6.92 Å². The van der Waals surface area contributed by atoms with E-state index in [2.05, 4.69) is 15.9 Å². The van der Waals surface area contributed by atoms with Crippen LogP contribution in [0.4, 0.5) is 0 Å². The molecule has 5 nitrogen and oxygen atoms in total. The Bertz CT molecular complexity index is 849. The molecule has 0 N–H and O–H groups in total. The summed E-state index contributed by atoms with van der Waals surface area (Å²) in [6.07, 6.45) is 1.65. The van der Waals surface area contributed by atoms with Crippen LogP contribution in [0.3, 0.4) is 0 Å². The van der Waals surface area contributed by atoms with Gasteiger partial charge >= 0.3 is 0 Å². The van der Waals surface area contributed by atoms with Crippen molar-refractivity contribution in [1.82, 2.24) is 4.90 Å². The van der Waals surface area contributed by atoms with Gasteiger partial charge in [-0.3, -0.25) is 9.59 Å². The molecular weight excluding hydrogens is 386 g/mol. The quantitative estimate of drug-likeness (QED) is 0.721. The third kappa shape index (κ3) is 2.99. The average Bonchev–Trinajstić information content (AvgIpc) is 3.02. The van der Waals surface area contributed by atoms with Crippen LogP contribution in [0.15, 0.2) is 39.4 Å². The van der Waals surface area contributed by atoms with Crippen molar-refractivity contribution in [2.24, 2.45) is 0 Å². The molecule has 2 aliphatic heterocycles. The Hall–Kier alpha value is -2.08. The van der Waals surface area contributed by atoms with Gasteiger partial charge in [0, 0.05) is 25.9 Å². The van der Waals surface area contributed by atoms with Gasteiger partial charge in [0.15, 0.2) is 16.2 Å². The fraction of sp³-hybridized carbons (Fsp3) is 0.368. The number of Topliss-reactive ketones (excluding diaryl/α,β-unsaturated/α-hetero) is 1. The third-order valence-electron chi connectivity index (χ3n) is 4.99. The Morgan fingerprint density at radius 2 is 1.96 bits per heavy atom. The van der Waals surface area contributed by atoms with Gasteiger partial charge in [-0.25, -0.2) is 0 Å². The van der Waals surface area contributed by atoms with Gasteiger partial charge < -0.3 is 14.1 Å². The van der Waals surface area contributed by atoms with Crippen molar-refractivity contribution in [2.45, 2.75) is 31.8 Å². The summed E-state index contributed by atoms with van der Waals surface area (Å²) in [6, 6.07) is 9.09. The van der Waals surface area contributed by atoms with Gasteiger partial charge in [0.1, 0.15) is 11.4 Å². The van der Waals surface area contributed by atoms with Gasteiger partial charge in [0.2, 0.25) is 0 Å². The zero-order valence-corrected chi connectivity index (χ0v) is 15.5. The molecule has 1 saturated heterocycles. The Morgan fingerprint density at radius 1 is 1.20 bits per heavy atom. The normalized spacial score (nSPS) is 18.8. The van der Waals surface area contributed by atoms with E-state index in [4.69, 9.17) is 9.15 Å². The van der Waals surface area contributed by atoms with Crippen molar-refractivity contribution in [3.8, 4) is 5.75 Å². The summed E-state index contributed by atoms with van der Waals surface area (Å²) in [5, 5.41) is 0. The number of carbonyl (C=O) groups is 2. The summed E-state index contributed by atoms with van der Waals surface area (Å²) in [4.78, 5) is 26.8. The molecule has 4 rings (SSSR count). The first kappa shape index (κ1) is 16.4. The molecule has 0 bridgehead atoms. The van der Waals surface area contributed by atoms with Crippen molar-refractivity contribution in [2.75, 3.05) is 13.1 Å². The molecule has 0 saturated carbocycles. The van der Waals surface area contributed by atoms with Gasteiger partial charge in [-0.2, -0.15) is 0 Å². The number of hydrogen-bond donors (Lipinski definition) is 0. The van der Waals surface area contributed by atoms with Crippen molar-refractivity contribution in [3.05, 3.63) is 51.9 Å². The second-order valence-electron chi connectivity index (χ2n) is 6.78. The molecule has 3 heterocycles. The minimum absolute atomic E-state index is 0.125. The summed E-state index contributed by atoms with van der Waals surface area (Å²) in [5.74, 6) is 0.985. The molecule has 2 aromatic rings. The maximum Gasteiger partial charge on any atom is 0.289 e. The van der Waals surface area contributed by atoms with Crippen LogP contribution in [0.1, 0.15) is 45.7 Å². The molecule has 25 heavy (non-hydrogen) atoms. The van der Waals surface area contributed by atoms with E-state index in [-0.39, 0.29) is 11.7 Å². The zero-order valence-electron chi connectivity index (χ0n) is 13.9. The molecule has 0 unspecified atom stereocenters. The van der Waals surface area contributed by atoms with Crippen molar-refractivity contribution >= 4 is 27.6 Å². The fourth-order valence-corrected chi connectivity index (χ4v) is 3.90. The van der Waals surface area contributed by atoms with Crippen LogP contribution in [-0.4, -0.2) is 35.3 Å². The van der Waals surface area contributed by atoms with Gasteiger partial charge in [-0.05, 0) is 47.1 Å². The van der Waals surface area contributed by atoms with Crippen molar-refractivity contribution in [1.29, 1.82) is 0 Å². The van der Waals surface area contributed by atoms with Gasteiger partial charge in [0.05, 0.1) is 12.0 Å². The number of piperidine rings is 1. The van der Waals surface area contributed by atoms with Crippen LogP contribution in [0.2, 0.25) is 0 Å². The Labute approximate surface area is 154 Å². The summed E-state index contributed by atoms with van der Waals surface area (Å²) >= 11 is 3.21. The number of rotatable bonds is 1. The lowest BCUT2D eigenvalue weighted by Crippen LogP contribution is -2.52. The highest BCUT2D eigenvalue weighted by Crippen LogP contribution is 2.39. The first-order valence-corrected chi connectivity index (χ1v) is 9.13. The molecule has 0 atom stereocenters. The Kier molecular flexibility index (Phi) is 3.95. The maximum atomic E-state index is 12.6. The molecule has 1 amide bonds. The largest absolute Gasteiger partial charge is 0.486 e. The number of nitrogens with zero attached hydrogens (tertiary/aromatic N) is 1. The molecule has 1 aromatic carbocycles. The van der Waals surface area contributed by atoms with Crippen LogP contribution in [0.5, 0.6) is 5.75 Å². The molecular formula is C19H18BrNO4. The number of aryl methyl sites for hydroxylation is 1. The SMILES string of the molecule is Cc1ccc2c(c1)C(=O)CC1(CCN(C(=O)c3ccc(Br)o3)CC1)O2. The first-order chi connectivity index (χ1) is 12.0. The summed E-state index contributed by atoms with van der Waals surface area (Å²) < 4.78 is 12.1. The number of fused-ring (bicyclic) bond motifs is 1. The lowest BCUT2D eigenvalue weighted by atomic mass is 9.82. The third-order valence-corrected chi connectivity index (χ3v) is 5.42. The number of ketones is 1. The van der Waals surface area contributed by atoms with E-state index >= 15 is 0 Å². The molecule has 1 fully saturated rings. The van der Waals surface area contributed by atoms with E-state index in [9.17, 15) is 9.59 Å². The number of carbonyl (C=O) groups excluding carboxylic acids is 2. The highest BCUT2D eigenvalue weighted by atomic mass is 79.9. The first-order valence-electron chi connectivity index (χ1n) is 8.33. The van der Waals surface area contributed by atoms with Gasteiger partial charge in [0.25, 0.3) is 5.91 Å². The van der Waals surface area contributed by atoms with E-state index in [1.165, 1.54) is 0 Å². The number of ether oxygens (including phenoxy) is 1. The zero-order chi connectivity index (χ0) is 17.6. The number of halogens is 1. The number of likely N-dealkylation sites (tertiary alicyclic amines) is 1. The van der Waals surface area contributed by atoms with E-state index < -0.39 is 5.60 Å². The molecule has 0 aliphatic carbocycles. The molecule has 0 radical (unpaired) electrons. The lowest BCUT2D eigenvalue weighted by Gasteiger charge is -2.43. The molecule has 6 heteroatoms. The summed E-state index contributed by atoms with van der Waals surface area (Å²) in [6.45, 7) is 3.06. The summed E-state index contributed by atoms with van der Waals surface area (Å²) in [7, 11) is 0. The molecule has 1 spiro atoms. The van der Waals surface area contributed by atoms with E-state index in [1.807, 2.05) is 25.1 Å². The summed E-state index contributed by atoms with van der Waals surface area (Å²) in [5.41, 5.74) is 1.22. The predicted octanol–water partition coefficient (Wildman–Crippen LogP) is 3.99. The molecule has 1 aromatic heterocycles. The van der Waals surface area contributed by atoms with Crippen molar-refractivity contribution < 1.29 is 18.7 Å². The second kappa shape index (κ2) is 6.02. The van der Waals surface area contributed by atoms with Crippen LogP contribution in [0.25, 0.3) is 0 Å². The Balaban J connectivity index is 1.49. The van der Waals surface area contributed by atoms with E-state index in [0.29, 0.717) is 54.1 Å². The number of hydrogen-bond acceptors (Lipinski definition) is 4. The second-order valence-corrected chi connectivity index (χ2v) is 7.56. The smallest absolute Gasteiger partial charge is 0.289 e.